The maximum absolute atomic E-state index is 5.48. The van der Waals surface area contributed by atoms with Gasteiger partial charge in [0.1, 0.15) is 5.82 Å². The van der Waals surface area contributed by atoms with Crippen LogP contribution in [0.4, 0.5) is 0 Å². The summed E-state index contributed by atoms with van der Waals surface area (Å²) in [5.74, 6) is 2.26. The summed E-state index contributed by atoms with van der Waals surface area (Å²) in [6, 6.07) is 3.73. The van der Waals surface area contributed by atoms with Crippen molar-refractivity contribution in [1.29, 1.82) is 0 Å². The van der Waals surface area contributed by atoms with Gasteiger partial charge in [0, 0.05) is 12.1 Å². The van der Waals surface area contributed by atoms with E-state index in [1.54, 1.807) is 0 Å². The molecule has 0 unspecified atom stereocenters. The Kier molecular flexibility index (Phi) is 1.43. The SMILES string of the molecule is NCc1nc2cc3c(cc2[nH]1)OCO3. The highest BCUT2D eigenvalue weighted by atomic mass is 16.7. The number of hydrogen-bond acceptors (Lipinski definition) is 4. The van der Waals surface area contributed by atoms with Crippen molar-refractivity contribution < 1.29 is 9.47 Å². The molecule has 0 bridgehead atoms. The second-order valence-corrected chi connectivity index (χ2v) is 3.11. The number of nitrogens with one attached hydrogen (secondary N) is 1. The second-order valence-electron chi connectivity index (χ2n) is 3.11. The number of nitrogens with two attached hydrogens (primary N) is 1. The third kappa shape index (κ3) is 0.958. The predicted molar refractivity (Wildman–Crippen MR) is 50.1 cm³/mol. The van der Waals surface area contributed by atoms with Gasteiger partial charge >= 0.3 is 0 Å². The molecule has 0 fully saturated rings. The van der Waals surface area contributed by atoms with Gasteiger partial charge in [-0.2, -0.15) is 0 Å². The van der Waals surface area contributed by atoms with E-state index in [0.29, 0.717) is 6.54 Å². The highest BCUT2D eigenvalue weighted by molar-refractivity contribution is 5.80. The third-order valence-corrected chi connectivity index (χ3v) is 2.22. The largest absolute Gasteiger partial charge is 0.454 e. The first-order valence-electron chi connectivity index (χ1n) is 4.35. The first-order chi connectivity index (χ1) is 6.86. The van der Waals surface area contributed by atoms with E-state index in [9.17, 15) is 0 Å². The minimum Gasteiger partial charge on any atom is -0.454 e. The van der Waals surface area contributed by atoms with Crippen LogP contribution in [0.1, 0.15) is 5.82 Å². The smallest absolute Gasteiger partial charge is 0.231 e. The van der Waals surface area contributed by atoms with Gasteiger partial charge in [-0.3, -0.25) is 0 Å². The van der Waals surface area contributed by atoms with Crippen LogP contribution in [-0.4, -0.2) is 16.8 Å². The van der Waals surface area contributed by atoms with Gasteiger partial charge in [-0.25, -0.2) is 4.98 Å². The van der Waals surface area contributed by atoms with Crippen molar-refractivity contribution in [2.45, 2.75) is 6.54 Å². The molecule has 2 aromatic rings. The molecule has 3 rings (SSSR count). The lowest BCUT2D eigenvalue weighted by atomic mass is 10.3. The standard InChI is InChI=1S/C9H9N3O2/c10-3-9-11-5-1-7-8(14-4-13-7)2-6(5)12-9/h1-2H,3-4,10H2,(H,11,12). The zero-order valence-electron chi connectivity index (χ0n) is 7.41. The normalized spacial score (nSPS) is 13.8. The van der Waals surface area contributed by atoms with Crippen molar-refractivity contribution in [3.63, 3.8) is 0 Å². The zero-order valence-corrected chi connectivity index (χ0v) is 7.41. The third-order valence-electron chi connectivity index (χ3n) is 2.22. The fourth-order valence-corrected chi connectivity index (χ4v) is 1.55. The minimum atomic E-state index is 0.283. The number of benzene rings is 1. The van der Waals surface area contributed by atoms with Gasteiger partial charge in [0.25, 0.3) is 0 Å². The fraction of sp³-hybridized carbons (Fsp3) is 0.222. The van der Waals surface area contributed by atoms with Crippen LogP contribution in [0.5, 0.6) is 11.5 Å². The van der Waals surface area contributed by atoms with Gasteiger partial charge in [0.05, 0.1) is 17.6 Å². The lowest BCUT2D eigenvalue weighted by Crippen LogP contribution is -1.97. The number of H-pyrrole nitrogens is 1. The average molecular weight is 191 g/mol. The molecule has 14 heavy (non-hydrogen) atoms. The quantitative estimate of drug-likeness (QED) is 0.697. The molecule has 1 aromatic carbocycles. The molecule has 0 saturated heterocycles. The topological polar surface area (TPSA) is 73.2 Å². The van der Waals surface area contributed by atoms with E-state index in [0.717, 1.165) is 28.4 Å². The molecule has 3 N–H and O–H groups in total. The second kappa shape index (κ2) is 2.62. The lowest BCUT2D eigenvalue weighted by Gasteiger charge is -1.93. The Morgan fingerprint density at radius 2 is 2.14 bits per heavy atom. The molecule has 1 aliphatic rings. The first-order valence-corrected chi connectivity index (χ1v) is 4.35. The Morgan fingerprint density at radius 1 is 1.36 bits per heavy atom. The van der Waals surface area contributed by atoms with E-state index in [4.69, 9.17) is 15.2 Å². The van der Waals surface area contributed by atoms with E-state index in [1.165, 1.54) is 0 Å². The summed E-state index contributed by atoms with van der Waals surface area (Å²) in [4.78, 5) is 7.40. The van der Waals surface area contributed by atoms with Crippen LogP contribution in [0.3, 0.4) is 0 Å². The number of hydrogen-bond donors (Lipinski definition) is 2. The molecular formula is C9H9N3O2. The van der Waals surface area contributed by atoms with Crippen molar-refractivity contribution in [2.24, 2.45) is 5.73 Å². The highest BCUT2D eigenvalue weighted by Gasteiger charge is 2.15. The molecule has 5 heteroatoms. The number of aromatic nitrogens is 2. The van der Waals surface area contributed by atoms with Gasteiger partial charge in [0.15, 0.2) is 11.5 Å². The van der Waals surface area contributed by atoms with Crippen LogP contribution >= 0.6 is 0 Å². The Morgan fingerprint density at radius 3 is 2.93 bits per heavy atom. The van der Waals surface area contributed by atoms with Crippen LogP contribution in [0.15, 0.2) is 12.1 Å². The van der Waals surface area contributed by atoms with Crippen LogP contribution < -0.4 is 15.2 Å². The molecular weight excluding hydrogens is 182 g/mol. The molecule has 2 heterocycles. The highest BCUT2D eigenvalue weighted by Crippen LogP contribution is 2.35. The molecule has 0 spiro atoms. The molecule has 0 saturated carbocycles. The first kappa shape index (κ1) is 7.64. The minimum absolute atomic E-state index is 0.283. The van der Waals surface area contributed by atoms with E-state index in [1.807, 2.05) is 12.1 Å². The van der Waals surface area contributed by atoms with Crippen LogP contribution in [0.25, 0.3) is 11.0 Å². The van der Waals surface area contributed by atoms with Gasteiger partial charge in [-0.05, 0) is 0 Å². The summed E-state index contributed by atoms with van der Waals surface area (Å²) >= 11 is 0. The maximum Gasteiger partial charge on any atom is 0.231 e. The van der Waals surface area contributed by atoms with E-state index >= 15 is 0 Å². The summed E-state index contributed by atoms with van der Waals surface area (Å²) < 4.78 is 10.5. The van der Waals surface area contributed by atoms with E-state index in [2.05, 4.69) is 9.97 Å². The van der Waals surface area contributed by atoms with Crippen LogP contribution in [-0.2, 0) is 6.54 Å². The number of aromatic amines is 1. The molecule has 0 atom stereocenters. The average Bonchev–Trinajstić information content (AvgIpc) is 2.77. The number of ether oxygens (including phenoxy) is 2. The number of fused-ring (bicyclic) bond motifs is 2. The summed E-state index contributed by atoms with van der Waals surface area (Å²) in [6.45, 7) is 0.687. The van der Waals surface area contributed by atoms with E-state index < -0.39 is 0 Å². The van der Waals surface area contributed by atoms with Crippen molar-refractivity contribution in [3.8, 4) is 11.5 Å². The maximum atomic E-state index is 5.48. The van der Waals surface area contributed by atoms with E-state index in [-0.39, 0.29) is 6.79 Å². The van der Waals surface area contributed by atoms with Crippen molar-refractivity contribution >= 4 is 11.0 Å². The Balaban J connectivity index is 2.25. The van der Waals surface area contributed by atoms with Crippen molar-refractivity contribution in [3.05, 3.63) is 18.0 Å². The van der Waals surface area contributed by atoms with Crippen LogP contribution in [0.2, 0.25) is 0 Å². The number of imidazole rings is 1. The number of rotatable bonds is 1. The molecule has 1 aliphatic heterocycles. The monoisotopic (exact) mass is 191 g/mol. The van der Waals surface area contributed by atoms with Gasteiger partial charge in [0.2, 0.25) is 6.79 Å². The summed E-state index contributed by atoms with van der Waals surface area (Å²) in [7, 11) is 0. The summed E-state index contributed by atoms with van der Waals surface area (Å²) in [5, 5.41) is 0. The summed E-state index contributed by atoms with van der Waals surface area (Å²) in [6.07, 6.45) is 0. The molecule has 0 amide bonds. The fourth-order valence-electron chi connectivity index (χ4n) is 1.55. The summed E-state index contributed by atoms with van der Waals surface area (Å²) in [5.41, 5.74) is 7.26. The molecule has 5 nitrogen and oxygen atoms in total. The Labute approximate surface area is 79.8 Å². The molecule has 1 aromatic heterocycles. The Bertz CT molecular complexity index is 451. The molecule has 0 radical (unpaired) electrons. The number of nitrogens with zero attached hydrogens (tertiary/aromatic N) is 1. The van der Waals surface area contributed by atoms with Gasteiger partial charge < -0.3 is 20.2 Å². The van der Waals surface area contributed by atoms with Gasteiger partial charge in [-0.1, -0.05) is 0 Å². The molecule has 0 aliphatic carbocycles. The Hall–Kier alpha value is -1.75. The van der Waals surface area contributed by atoms with Crippen molar-refractivity contribution in [1.82, 2.24) is 9.97 Å². The van der Waals surface area contributed by atoms with Crippen molar-refractivity contribution in [2.75, 3.05) is 6.79 Å². The molecule has 72 valence electrons. The predicted octanol–water partition coefficient (Wildman–Crippen LogP) is 0.750. The lowest BCUT2D eigenvalue weighted by molar-refractivity contribution is 0.174. The van der Waals surface area contributed by atoms with Crippen LogP contribution in [0, 0.1) is 0 Å². The van der Waals surface area contributed by atoms with Gasteiger partial charge in [-0.15, -0.1) is 0 Å². The zero-order chi connectivity index (χ0) is 9.54.